The molecule has 0 radical (unpaired) electrons. The predicted molar refractivity (Wildman–Crippen MR) is 91.0 cm³/mol. The average Bonchev–Trinajstić information content (AvgIpc) is 2.54. The third-order valence-corrected chi connectivity index (χ3v) is 4.17. The predicted octanol–water partition coefficient (Wildman–Crippen LogP) is 3.40. The molecule has 2 aromatic rings. The number of hydrogen-bond donors (Lipinski definition) is 0. The molecular formula is C17H15IO4. The van der Waals surface area contributed by atoms with Crippen LogP contribution in [0, 0.1) is 3.57 Å². The normalized spacial score (nSPS) is 10.1. The molecule has 5 heteroatoms. The smallest absolute Gasteiger partial charge is 0.309 e. The van der Waals surface area contributed by atoms with Gasteiger partial charge in [-0.25, -0.2) is 0 Å². The van der Waals surface area contributed by atoms with E-state index in [1.54, 1.807) is 18.2 Å². The van der Waals surface area contributed by atoms with Gasteiger partial charge in [0.25, 0.3) is 0 Å². The Morgan fingerprint density at radius 2 is 2.00 bits per heavy atom. The first-order valence-corrected chi connectivity index (χ1v) is 7.73. The maximum absolute atomic E-state index is 11.3. The summed E-state index contributed by atoms with van der Waals surface area (Å²) < 4.78 is 11.5. The molecule has 0 spiro atoms. The van der Waals surface area contributed by atoms with Gasteiger partial charge in [-0.3, -0.25) is 9.59 Å². The Bertz CT molecular complexity index is 682. The second kappa shape index (κ2) is 7.93. The molecule has 0 saturated heterocycles. The molecule has 0 aliphatic rings. The highest BCUT2D eigenvalue weighted by Gasteiger charge is 2.09. The Morgan fingerprint density at radius 1 is 1.23 bits per heavy atom. The lowest BCUT2D eigenvalue weighted by Crippen LogP contribution is -2.06. The lowest BCUT2D eigenvalue weighted by atomic mass is 10.1. The molecule has 0 amide bonds. The lowest BCUT2D eigenvalue weighted by Gasteiger charge is -2.11. The van der Waals surface area contributed by atoms with E-state index >= 15 is 0 Å². The van der Waals surface area contributed by atoms with E-state index in [2.05, 4.69) is 27.3 Å². The summed E-state index contributed by atoms with van der Waals surface area (Å²) in [6.45, 7) is 0.385. The van der Waals surface area contributed by atoms with Gasteiger partial charge >= 0.3 is 5.97 Å². The highest BCUT2D eigenvalue weighted by molar-refractivity contribution is 14.1. The SMILES string of the molecule is COC(=O)Cc1ccc(OCc2ccccc2I)c(C=O)c1. The Kier molecular flexibility index (Phi) is 5.94. The summed E-state index contributed by atoms with van der Waals surface area (Å²) in [6.07, 6.45) is 0.861. The molecule has 4 nitrogen and oxygen atoms in total. The summed E-state index contributed by atoms with van der Waals surface area (Å²) in [5.41, 5.74) is 2.20. The number of carbonyl (C=O) groups is 2. The van der Waals surface area contributed by atoms with Crippen LogP contribution in [0.1, 0.15) is 21.5 Å². The lowest BCUT2D eigenvalue weighted by molar-refractivity contribution is -0.139. The molecule has 0 aliphatic heterocycles. The molecule has 2 aromatic carbocycles. The maximum atomic E-state index is 11.3. The van der Waals surface area contributed by atoms with Gasteiger partial charge < -0.3 is 9.47 Å². The molecule has 0 aliphatic carbocycles. The zero-order valence-corrected chi connectivity index (χ0v) is 14.2. The van der Waals surface area contributed by atoms with E-state index in [-0.39, 0.29) is 12.4 Å². The average molecular weight is 410 g/mol. The summed E-state index contributed by atoms with van der Waals surface area (Å²) >= 11 is 2.24. The minimum absolute atomic E-state index is 0.133. The summed E-state index contributed by atoms with van der Waals surface area (Å²) in [7, 11) is 1.34. The summed E-state index contributed by atoms with van der Waals surface area (Å²) in [5, 5.41) is 0. The fraction of sp³-hybridized carbons (Fsp3) is 0.176. The molecule has 0 heterocycles. The quantitative estimate of drug-likeness (QED) is 0.416. The van der Waals surface area contributed by atoms with Crippen LogP contribution in [0.5, 0.6) is 5.75 Å². The number of esters is 1. The number of hydrogen-bond acceptors (Lipinski definition) is 4. The van der Waals surface area contributed by atoms with Gasteiger partial charge in [-0.15, -0.1) is 0 Å². The van der Waals surface area contributed by atoms with Crippen LogP contribution in [0.15, 0.2) is 42.5 Å². The molecule has 0 bridgehead atoms. The van der Waals surface area contributed by atoms with Gasteiger partial charge in [-0.2, -0.15) is 0 Å². The van der Waals surface area contributed by atoms with E-state index in [1.165, 1.54) is 7.11 Å². The van der Waals surface area contributed by atoms with E-state index < -0.39 is 0 Å². The van der Waals surface area contributed by atoms with Crippen LogP contribution in [0.25, 0.3) is 0 Å². The Hall–Kier alpha value is -1.89. The molecular weight excluding hydrogens is 395 g/mol. The van der Waals surface area contributed by atoms with Crippen LogP contribution in [-0.2, 0) is 22.6 Å². The van der Waals surface area contributed by atoms with E-state index in [9.17, 15) is 9.59 Å². The molecule has 0 fully saturated rings. The number of benzene rings is 2. The van der Waals surface area contributed by atoms with Crippen molar-refractivity contribution >= 4 is 34.8 Å². The minimum atomic E-state index is -0.343. The van der Waals surface area contributed by atoms with Crippen LogP contribution in [0.2, 0.25) is 0 Å². The van der Waals surface area contributed by atoms with Crippen LogP contribution in [0.4, 0.5) is 0 Å². The minimum Gasteiger partial charge on any atom is -0.488 e. The molecule has 2 rings (SSSR count). The van der Waals surface area contributed by atoms with Crippen molar-refractivity contribution in [2.45, 2.75) is 13.0 Å². The number of rotatable bonds is 6. The third kappa shape index (κ3) is 4.30. The second-order valence-electron chi connectivity index (χ2n) is 4.62. The number of methoxy groups -OCH3 is 1. The highest BCUT2D eigenvalue weighted by Crippen LogP contribution is 2.21. The molecule has 0 saturated carbocycles. The molecule has 22 heavy (non-hydrogen) atoms. The van der Waals surface area contributed by atoms with Crippen molar-refractivity contribution in [2.75, 3.05) is 7.11 Å². The maximum Gasteiger partial charge on any atom is 0.309 e. The zero-order valence-electron chi connectivity index (χ0n) is 12.0. The Labute approximate surface area is 142 Å². The van der Waals surface area contributed by atoms with Crippen molar-refractivity contribution in [1.82, 2.24) is 0 Å². The zero-order chi connectivity index (χ0) is 15.9. The fourth-order valence-electron chi connectivity index (χ4n) is 1.94. The van der Waals surface area contributed by atoms with Gasteiger partial charge in [-0.05, 0) is 46.4 Å². The van der Waals surface area contributed by atoms with Crippen molar-refractivity contribution in [3.8, 4) is 5.75 Å². The van der Waals surface area contributed by atoms with Crippen molar-refractivity contribution in [3.63, 3.8) is 0 Å². The van der Waals surface area contributed by atoms with E-state index in [4.69, 9.17) is 4.74 Å². The summed E-state index contributed by atoms with van der Waals surface area (Å²) in [5.74, 6) is 0.160. The van der Waals surface area contributed by atoms with Gasteiger partial charge in [0.05, 0.1) is 19.1 Å². The molecule has 0 unspecified atom stereocenters. The molecule has 114 valence electrons. The first kappa shape index (κ1) is 16.5. The number of aldehydes is 1. The summed E-state index contributed by atoms with van der Waals surface area (Å²) in [4.78, 5) is 22.5. The largest absolute Gasteiger partial charge is 0.488 e. The molecule has 0 aromatic heterocycles. The third-order valence-electron chi connectivity index (χ3n) is 3.12. The summed E-state index contributed by atoms with van der Waals surface area (Å²) in [6, 6.07) is 13.0. The van der Waals surface area contributed by atoms with Gasteiger partial charge in [0.15, 0.2) is 6.29 Å². The Balaban J connectivity index is 2.12. The van der Waals surface area contributed by atoms with Crippen molar-refractivity contribution < 1.29 is 19.1 Å². The number of carbonyl (C=O) groups excluding carboxylic acids is 2. The van der Waals surface area contributed by atoms with Gasteiger partial charge in [0.1, 0.15) is 12.4 Å². The van der Waals surface area contributed by atoms with E-state index in [0.717, 1.165) is 21.0 Å². The molecule has 0 N–H and O–H groups in total. The van der Waals surface area contributed by atoms with Crippen molar-refractivity contribution in [3.05, 3.63) is 62.7 Å². The van der Waals surface area contributed by atoms with Crippen LogP contribution in [-0.4, -0.2) is 19.4 Å². The monoisotopic (exact) mass is 410 g/mol. The van der Waals surface area contributed by atoms with E-state index in [1.807, 2.05) is 24.3 Å². The standard InChI is InChI=1S/C17H15IO4/c1-21-17(20)9-12-6-7-16(14(8-12)10-19)22-11-13-4-2-3-5-15(13)18/h2-8,10H,9,11H2,1H3. The van der Waals surface area contributed by atoms with Gasteiger partial charge in [0.2, 0.25) is 0 Å². The van der Waals surface area contributed by atoms with Gasteiger partial charge in [-0.1, -0.05) is 24.3 Å². The molecule has 0 atom stereocenters. The number of ether oxygens (including phenoxy) is 2. The van der Waals surface area contributed by atoms with Gasteiger partial charge in [0, 0.05) is 9.13 Å². The highest BCUT2D eigenvalue weighted by atomic mass is 127. The number of halogens is 1. The van der Waals surface area contributed by atoms with Crippen LogP contribution >= 0.6 is 22.6 Å². The second-order valence-corrected chi connectivity index (χ2v) is 5.79. The van der Waals surface area contributed by atoms with Crippen molar-refractivity contribution in [1.29, 1.82) is 0 Å². The van der Waals surface area contributed by atoms with Crippen molar-refractivity contribution in [2.24, 2.45) is 0 Å². The first-order chi connectivity index (χ1) is 10.6. The fourth-order valence-corrected chi connectivity index (χ4v) is 2.48. The Morgan fingerprint density at radius 3 is 2.68 bits per heavy atom. The van der Waals surface area contributed by atoms with Crippen LogP contribution in [0.3, 0.4) is 0 Å². The van der Waals surface area contributed by atoms with E-state index in [0.29, 0.717) is 17.9 Å². The topological polar surface area (TPSA) is 52.6 Å². The first-order valence-electron chi connectivity index (χ1n) is 6.65. The van der Waals surface area contributed by atoms with Crippen LogP contribution < -0.4 is 4.74 Å².